The van der Waals surface area contributed by atoms with Crippen LogP contribution in [0.2, 0.25) is 0 Å². The van der Waals surface area contributed by atoms with Gasteiger partial charge in [0.1, 0.15) is 22.0 Å². The molecule has 0 saturated heterocycles. The Balaban J connectivity index is 2.34. The molecule has 0 aromatic heterocycles. The van der Waals surface area contributed by atoms with Gasteiger partial charge in [0.25, 0.3) is 0 Å². The molecule has 1 aliphatic heterocycles. The van der Waals surface area contributed by atoms with E-state index in [4.69, 9.17) is 9.47 Å². The number of halogens is 2. The van der Waals surface area contributed by atoms with Crippen molar-refractivity contribution in [3.05, 3.63) is 29.1 Å². The monoisotopic (exact) mass is 358 g/mol. The number of esters is 1. The first-order valence-corrected chi connectivity index (χ1v) is 7.91. The average molecular weight is 359 g/mol. The molecule has 0 radical (unpaired) electrons. The van der Waals surface area contributed by atoms with Crippen molar-refractivity contribution in [1.82, 2.24) is 0 Å². The van der Waals surface area contributed by atoms with Crippen LogP contribution < -0.4 is 4.74 Å². The van der Waals surface area contributed by atoms with Crippen molar-refractivity contribution < 1.29 is 18.7 Å². The molecule has 0 aliphatic carbocycles. The summed E-state index contributed by atoms with van der Waals surface area (Å²) in [5.41, 5.74) is 0.883. The molecule has 1 heterocycles. The molecule has 1 aliphatic rings. The van der Waals surface area contributed by atoms with E-state index in [9.17, 15) is 9.18 Å². The summed E-state index contributed by atoms with van der Waals surface area (Å²) in [6, 6.07) is 2.75. The molecule has 2 atom stereocenters. The molecule has 3 nitrogen and oxygen atoms in total. The first-order chi connectivity index (χ1) is 9.67. The molecular weight excluding hydrogens is 339 g/mol. The molecule has 0 N–H and O–H groups in total. The van der Waals surface area contributed by atoms with Gasteiger partial charge in [-0.3, -0.25) is 4.79 Å². The van der Waals surface area contributed by atoms with Gasteiger partial charge in [0.05, 0.1) is 6.61 Å². The Hall–Kier alpha value is -1.10. The Morgan fingerprint density at radius 2 is 2.14 bits per heavy atom. The fraction of sp³-hybridized carbons (Fsp3) is 0.562. The Kier molecular flexibility index (Phi) is 4.61. The summed E-state index contributed by atoms with van der Waals surface area (Å²) >= 11 is 3.34. The van der Waals surface area contributed by atoms with Crippen molar-refractivity contribution in [2.75, 3.05) is 6.61 Å². The van der Waals surface area contributed by atoms with Gasteiger partial charge >= 0.3 is 5.97 Å². The van der Waals surface area contributed by atoms with Crippen LogP contribution in [0.4, 0.5) is 4.39 Å². The first-order valence-electron chi connectivity index (χ1n) is 6.99. The van der Waals surface area contributed by atoms with Crippen LogP contribution in [0.1, 0.15) is 43.6 Å². The van der Waals surface area contributed by atoms with Crippen LogP contribution in [0.5, 0.6) is 5.75 Å². The summed E-state index contributed by atoms with van der Waals surface area (Å²) in [6.45, 7) is 8.03. The maximum absolute atomic E-state index is 13.8. The molecule has 5 heteroatoms. The van der Waals surface area contributed by atoms with E-state index in [1.165, 1.54) is 12.1 Å². The summed E-state index contributed by atoms with van der Waals surface area (Å²) in [7, 11) is 0. The zero-order valence-corrected chi connectivity index (χ0v) is 14.3. The number of hydrogen-bond acceptors (Lipinski definition) is 3. The van der Waals surface area contributed by atoms with Gasteiger partial charge in [-0.05, 0) is 50.3 Å². The van der Waals surface area contributed by atoms with Crippen molar-refractivity contribution in [3.63, 3.8) is 0 Å². The number of fused-ring (bicyclic) bond motifs is 1. The van der Waals surface area contributed by atoms with Crippen LogP contribution >= 0.6 is 15.9 Å². The number of rotatable bonds is 2. The normalized spacial score (nSPS) is 19.4. The van der Waals surface area contributed by atoms with E-state index in [0.29, 0.717) is 23.8 Å². The topological polar surface area (TPSA) is 35.5 Å². The molecular formula is C16H20BrFO3. The molecule has 0 fully saturated rings. The Morgan fingerprint density at radius 1 is 1.48 bits per heavy atom. The summed E-state index contributed by atoms with van der Waals surface area (Å²) in [6.07, 6.45) is 0.760. The highest BCUT2D eigenvalue weighted by Gasteiger charge is 2.30. The van der Waals surface area contributed by atoms with E-state index in [0.717, 1.165) is 12.0 Å². The summed E-state index contributed by atoms with van der Waals surface area (Å²) in [5.74, 6) is 0.0241. The Morgan fingerprint density at radius 3 is 2.76 bits per heavy atom. The largest absolute Gasteiger partial charge is 0.493 e. The van der Waals surface area contributed by atoms with E-state index in [1.807, 2.05) is 0 Å². The van der Waals surface area contributed by atoms with Gasteiger partial charge in [-0.15, -0.1) is 0 Å². The van der Waals surface area contributed by atoms with Gasteiger partial charge in [0.2, 0.25) is 0 Å². The lowest BCUT2D eigenvalue weighted by atomic mass is 9.92. The van der Waals surface area contributed by atoms with Crippen LogP contribution in [0.3, 0.4) is 0 Å². The standard InChI is InChI=1S/C16H20BrFO3/c1-9-5-11-12(6-10(18)7-13(11)20-8-9)14(17)15(19)21-16(2,3)4/h6-7,9,14H,5,8H2,1-4H3. The van der Waals surface area contributed by atoms with Crippen LogP contribution in [0.15, 0.2) is 12.1 Å². The van der Waals surface area contributed by atoms with Gasteiger partial charge in [-0.2, -0.15) is 0 Å². The average Bonchev–Trinajstić information content (AvgIpc) is 2.35. The van der Waals surface area contributed by atoms with Gasteiger partial charge in [0, 0.05) is 6.07 Å². The van der Waals surface area contributed by atoms with Crippen molar-refractivity contribution in [1.29, 1.82) is 0 Å². The lowest BCUT2D eigenvalue weighted by molar-refractivity contribution is -0.154. The highest BCUT2D eigenvalue weighted by Crippen LogP contribution is 2.38. The van der Waals surface area contributed by atoms with Crippen molar-refractivity contribution in [2.45, 2.75) is 44.5 Å². The summed E-state index contributed by atoms with van der Waals surface area (Å²) in [4.78, 5) is 11.5. The highest BCUT2D eigenvalue weighted by atomic mass is 79.9. The Bertz CT molecular complexity index is 551. The highest BCUT2D eigenvalue weighted by molar-refractivity contribution is 9.09. The van der Waals surface area contributed by atoms with E-state index >= 15 is 0 Å². The molecule has 116 valence electrons. The van der Waals surface area contributed by atoms with E-state index < -0.39 is 22.2 Å². The second-order valence-electron chi connectivity index (χ2n) is 6.49. The second-order valence-corrected chi connectivity index (χ2v) is 7.40. The molecule has 1 aromatic carbocycles. The number of benzene rings is 1. The molecule has 2 unspecified atom stereocenters. The molecule has 0 saturated carbocycles. The van der Waals surface area contributed by atoms with Crippen LogP contribution in [0, 0.1) is 11.7 Å². The van der Waals surface area contributed by atoms with Gasteiger partial charge < -0.3 is 9.47 Å². The number of carbonyl (C=O) groups excluding carboxylic acids is 1. The van der Waals surface area contributed by atoms with Crippen molar-refractivity contribution in [3.8, 4) is 5.75 Å². The van der Waals surface area contributed by atoms with Gasteiger partial charge in [-0.25, -0.2) is 4.39 Å². The smallest absolute Gasteiger partial charge is 0.324 e. The van der Waals surface area contributed by atoms with Crippen LogP contribution in [-0.4, -0.2) is 18.2 Å². The number of carbonyl (C=O) groups is 1. The predicted octanol–water partition coefficient (Wildman–Crippen LogP) is 4.17. The third kappa shape index (κ3) is 3.96. The number of hydrogen-bond donors (Lipinski definition) is 0. The summed E-state index contributed by atoms with van der Waals surface area (Å²) < 4.78 is 24.7. The zero-order valence-electron chi connectivity index (χ0n) is 12.7. The summed E-state index contributed by atoms with van der Waals surface area (Å²) in [5, 5.41) is 0. The fourth-order valence-corrected chi connectivity index (χ4v) is 2.83. The first kappa shape index (κ1) is 16.3. The van der Waals surface area contributed by atoms with E-state index in [1.54, 1.807) is 20.8 Å². The predicted molar refractivity (Wildman–Crippen MR) is 82.3 cm³/mol. The molecule has 0 amide bonds. The molecule has 1 aromatic rings. The zero-order chi connectivity index (χ0) is 15.8. The Labute approximate surface area is 132 Å². The lowest BCUT2D eigenvalue weighted by Gasteiger charge is -2.27. The van der Waals surface area contributed by atoms with E-state index in [2.05, 4.69) is 22.9 Å². The quantitative estimate of drug-likeness (QED) is 0.587. The minimum Gasteiger partial charge on any atom is -0.493 e. The molecule has 0 bridgehead atoms. The third-order valence-corrected chi connectivity index (χ3v) is 4.04. The maximum Gasteiger partial charge on any atom is 0.324 e. The van der Waals surface area contributed by atoms with Crippen molar-refractivity contribution in [2.24, 2.45) is 5.92 Å². The lowest BCUT2D eigenvalue weighted by Crippen LogP contribution is -2.27. The van der Waals surface area contributed by atoms with E-state index in [-0.39, 0.29) is 0 Å². The van der Waals surface area contributed by atoms with Gasteiger partial charge in [-0.1, -0.05) is 22.9 Å². The minimum absolute atomic E-state index is 0.333. The maximum atomic E-state index is 13.8. The SMILES string of the molecule is CC1COc2cc(F)cc(C(Br)C(=O)OC(C)(C)C)c2C1. The number of ether oxygens (including phenoxy) is 2. The van der Waals surface area contributed by atoms with Crippen LogP contribution in [-0.2, 0) is 16.0 Å². The van der Waals surface area contributed by atoms with Crippen molar-refractivity contribution >= 4 is 21.9 Å². The fourth-order valence-electron chi connectivity index (χ4n) is 2.33. The molecule has 0 spiro atoms. The molecule has 2 rings (SSSR count). The molecule has 21 heavy (non-hydrogen) atoms. The second kappa shape index (κ2) is 5.95. The number of alkyl halides is 1. The third-order valence-electron chi connectivity index (χ3n) is 3.17. The minimum atomic E-state index is -0.699. The van der Waals surface area contributed by atoms with Gasteiger partial charge in [0.15, 0.2) is 0 Å². The van der Waals surface area contributed by atoms with Crippen LogP contribution in [0.25, 0.3) is 0 Å².